The number of benzene rings is 2. The van der Waals surface area contributed by atoms with E-state index in [4.69, 9.17) is 16.1 Å². The first kappa shape index (κ1) is 23.0. The predicted molar refractivity (Wildman–Crippen MR) is 118 cm³/mol. The van der Waals surface area contributed by atoms with Crippen LogP contribution in [-0.2, 0) is 15.9 Å². The Morgan fingerprint density at radius 1 is 1.03 bits per heavy atom. The average Bonchev–Trinajstić information content (AvgIpc) is 3.31. The molecule has 0 N–H and O–H groups in total. The first-order valence-electron chi connectivity index (χ1n) is 9.59. The van der Waals surface area contributed by atoms with Crippen molar-refractivity contribution in [1.29, 1.82) is 0 Å². The van der Waals surface area contributed by atoms with Crippen molar-refractivity contribution in [3.05, 3.63) is 64.9 Å². The standard InChI is InChI=1S/C20H19ClF2N4O3S2/c1-31-16-6-8-17(9-7-16)32(28,29)27-12-10-26(11-13-27)19-24-18(25-30-19)20(22,23)14-2-4-15(21)5-3-14/h2-9H,10-13H2,1H3. The maximum absolute atomic E-state index is 14.7. The first-order chi connectivity index (χ1) is 15.2. The molecular weight excluding hydrogens is 482 g/mol. The third kappa shape index (κ3) is 4.47. The van der Waals surface area contributed by atoms with Crippen molar-refractivity contribution >= 4 is 39.4 Å². The van der Waals surface area contributed by atoms with E-state index in [-0.39, 0.29) is 42.7 Å². The molecular formula is C20H19ClF2N4O3S2. The monoisotopic (exact) mass is 500 g/mol. The molecule has 2 heterocycles. The highest BCUT2D eigenvalue weighted by Gasteiger charge is 2.40. The highest BCUT2D eigenvalue weighted by Crippen LogP contribution is 2.35. The summed E-state index contributed by atoms with van der Waals surface area (Å²) >= 11 is 7.29. The Morgan fingerprint density at radius 3 is 2.25 bits per heavy atom. The molecule has 170 valence electrons. The van der Waals surface area contributed by atoms with E-state index in [0.29, 0.717) is 5.02 Å². The van der Waals surface area contributed by atoms with Crippen molar-refractivity contribution in [1.82, 2.24) is 14.4 Å². The van der Waals surface area contributed by atoms with Crippen LogP contribution < -0.4 is 4.90 Å². The quantitative estimate of drug-likeness (QED) is 0.471. The lowest BCUT2D eigenvalue weighted by Gasteiger charge is -2.32. The number of nitrogens with zero attached hydrogens (tertiary/aromatic N) is 4. The summed E-state index contributed by atoms with van der Waals surface area (Å²) in [6.07, 6.45) is 1.91. The lowest BCUT2D eigenvalue weighted by molar-refractivity contribution is 0.0304. The molecule has 0 radical (unpaired) electrons. The van der Waals surface area contributed by atoms with Crippen molar-refractivity contribution < 1.29 is 21.7 Å². The van der Waals surface area contributed by atoms with Crippen molar-refractivity contribution in [2.75, 3.05) is 37.3 Å². The van der Waals surface area contributed by atoms with E-state index in [0.717, 1.165) is 4.90 Å². The van der Waals surface area contributed by atoms with E-state index in [1.165, 1.54) is 40.3 Å². The minimum atomic E-state index is -3.65. The van der Waals surface area contributed by atoms with E-state index < -0.39 is 21.8 Å². The zero-order valence-electron chi connectivity index (χ0n) is 16.9. The SMILES string of the molecule is CSc1ccc(S(=O)(=O)N2CCN(c3nc(C(F)(F)c4ccc(Cl)cc4)no3)CC2)cc1. The second-order valence-corrected chi connectivity index (χ2v) is 10.3. The van der Waals surface area contributed by atoms with Crippen molar-refractivity contribution in [2.24, 2.45) is 0 Å². The molecule has 0 unspecified atom stereocenters. The van der Waals surface area contributed by atoms with Gasteiger partial charge in [0.05, 0.1) is 4.90 Å². The summed E-state index contributed by atoms with van der Waals surface area (Å²) in [6.45, 7) is 0.794. The van der Waals surface area contributed by atoms with Crippen LogP contribution in [0, 0.1) is 0 Å². The van der Waals surface area contributed by atoms with E-state index in [1.54, 1.807) is 29.2 Å². The van der Waals surface area contributed by atoms with Crippen LogP contribution in [0.5, 0.6) is 0 Å². The second kappa shape index (κ2) is 8.97. The minimum absolute atomic E-state index is 0.0741. The second-order valence-electron chi connectivity index (χ2n) is 7.05. The van der Waals surface area contributed by atoms with Crippen LogP contribution in [-0.4, -0.2) is 55.3 Å². The number of anilines is 1. The third-order valence-corrected chi connectivity index (χ3v) is 8.02. The zero-order chi connectivity index (χ0) is 22.9. The number of rotatable bonds is 6. The predicted octanol–water partition coefficient (Wildman–Crippen LogP) is 4.10. The van der Waals surface area contributed by atoms with Crippen molar-refractivity contribution in [3.63, 3.8) is 0 Å². The molecule has 1 aliphatic heterocycles. The molecule has 1 aliphatic rings. The molecule has 1 fully saturated rings. The fourth-order valence-corrected chi connectivity index (χ4v) is 5.23. The number of thioether (sulfide) groups is 1. The Labute approximate surface area is 193 Å². The van der Waals surface area contributed by atoms with Gasteiger partial charge in [-0.05, 0) is 42.7 Å². The van der Waals surface area contributed by atoms with E-state index in [1.807, 2.05) is 6.26 Å². The van der Waals surface area contributed by atoms with E-state index >= 15 is 0 Å². The Bertz CT molecular complexity index is 1180. The smallest absolute Gasteiger partial charge is 0.322 e. The molecule has 0 bridgehead atoms. The number of aromatic nitrogens is 2. The topological polar surface area (TPSA) is 79.5 Å². The van der Waals surface area contributed by atoms with Gasteiger partial charge in [-0.15, -0.1) is 11.8 Å². The lowest BCUT2D eigenvalue weighted by Crippen LogP contribution is -2.48. The highest BCUT2D eigenvalue weighted by molar-refractivity contribution is 7.98. The maximum Gasteiger partial charge on any atom is 0.335 e. The molecule has 0 aliphatic carbocycles. The van der Waals surface area contributed by atoms with E-state index in [2.05, 4.69) is 10.1 Å². The molecule has 2 aromatic carbocycles. The van der Waals surface area contributed by atoms with Gasteiger partial charge in [-0.25, -0.2) is 8.42 Å². The summed E-state index contributed by atoms with van der Waals surface area (Å²) in [5, 5.41) is 3.79. The third-order valence-electron chi connectivity index (χ3n) is 5.11. The number of hydrogen-bond acceptors (Lipinski definition) is 7. The highest BCUT2D eigenvalue weighted by atomic mass is 35.5. The van der Waals surface area contributed by atoms with Gasteiger partial charge in [0.25, 0.3) is 0 Å². The summed E-state index contributed by atoms with van der Waals surface area (Å²) in [7, 11) is -3.65. The van der Waals surface area contributed by atoms with Gasteiger partial charge >= 0.3 is 11.9 Å². The number of hydrogen-bond donors (Lipinski definition) is 0. The molecule has 7 nitrogen and oxygen atoms in total. The molecule has 1 saturated heterocycles. The molecule has 0 spiro atoms. The van der Waals surface area contributed by atoms with Gasteiger partial charge in [-0.2, -0.15) is 18.1 Å². The summed E-state index contributed by atoms with van der Waals surface area (Å²) in [4.78, 5) is 6.64. The number of alkyl halides is 2. The Balaban J connectivity index is 1.44. The van der Waals surface area contributed by atoms with E-state index in [9.17, 15) is 17.2 Å². The number of piperazine rings is 1. The van der Waals surface area contributed by atoms with Gasteiger partial charge in [0.2, 0.25) is 15.8 Å². The van der Waals surface area contributed by atoms with Gasteiger partial charge in [0.15, 0.2) is 0 Å². The maximum atomic E-state index is 14.7. The largest absolute Gasteiger partial charge is 0.335 e. The Morgan fingerprint density at radius 2 is 1.66 bits per heavy atom. The minimum Gasteiger partial charge on any atom is -0.322 e. The van der Waals surface area contributed by atoms with Gasteiger partial charge in [-0.1, -0.05) is 28.9 Å². The van der Waals surface area contributed by atoms with Gasteiger partial charge in [0, 0.05) is 41.7 Å². The lowest BCUT2D eigenvalue weighted by atomic mass is 10.1. The van der Waals surface area contributed by atoms with Gasteiger partial charge in [-0.3, -0.25) is 0 Å². The fourth-order valence-electron chi connectivity index (χ4n) is 3.28. The van der Waals surface area contributed by atoms with Crippen molar-refractivity contribution in [3.8, 4) is 0 Å². The van der Waals surface area contributed by atoms with Gasteiger partial charge in [0.1, 0.15) is 0 Å². The summed E-state index contributed by atoms with van der Waals surface area (Å²) in [5.74, 6) is -4.22. The summed E-state index contributed by atoms with van der Waals surface area (Å²) < 4.78 is 61.6. The van der Waals surface area contributed by atoms with Crippen LogP contribution in [0.3, 0.4) is 0 Å². The first-order valence-corrected chi connectivity index (χ1v) is 12.6. The molecule has 0 amide bonds. The molecule has 4 rings (SSSR count). The summed E-state index contributed by atoms with van der Waals surface area (Å²) in [6, 6.07) is 11.7. The van der Waals surface area contributed by atoms with Crippen LogP contribution >= 0.6 is 23.4 Å². The molecule has 0 atom stereocenters. The van der Waals surface area contributed by atoms with Crippen LogP contribution in [0.1, 0.15) is 11.4 Å². The van der Waals surface area contributed by atoms with Crippen molar-refractivity contribution in [2.45, 2.75) is 15.7 Å². The molecule has 32 heavy (non-hydrogen) atoms. The molecule has 12 heteroatoms. The molecule has 3 aromatic rings. The van der Waals surface area contributed by atoms with Crippen LogP contribution in [0.25, 0.3) is 0 Å². The molecule has 1 aromatic heterocycles. The molecule has 0 saturated carbocycles. The normalized spacial score (nSPS) is 15.8. The Kier molecular flexibility index (Phi) is 6.44. The fraction of sp³-hybridized carbons (Fsp3) is 0.300. The Hall–Kier alpha value is -2.21. The zero-order valence-corrected chi connectivity index (χ0v) is 19.3. The van der Waals surface area contributed by atoms with Gasteiger partial charge < -0.3 is 9.42 Å². The number of halogens is 3. The van der Waals surface area contributed by atoms with Crippen LogP contribution in [0.4, 0.5) is 14.8 Å². The average molecular weight is 501 g/mol. The summed E-state index contributed by atoms with van der Waals surface area (Å²) in [5.41, 5.74) is -0.308. The van der Waals surface area contributed by atoms with Crippen LogP contribution in [0.2, 0.25) is 5.02 Å². The van der Waals surface area contributed by atoms with Crippen LogP contribution in [0.15, 0.2) is 62.8 Å². The number of sulfonamides is 1.